The van der Waals surface area contributed by atoms with E-state index in [-0.39, 0.29) is 18.4 Å². The Morgan fingerprint density at radius 1 is 1.08 bits per heavy atom. The highest BCUT2D eigenvalue weighted by molar-refractivity contribution is 5.85. The van der Waals surface area contributed by atoms with E-state index < -0.39 is 0 Å². The molecule has 0 amide bonds. The molecule has 130 valence electrons. The maximum Gasteiger partial charge on any atom is 0.161 e. The highest BCUT2D eigenvalue weighted by Crippen LogP contribution is 2.32. The molecule has 0 aromatic heterocycles. The Balaban J connectivity index is 0.00000288. The molecule has 0 unspecified atom stereocenters. The van der Waals surface area contributed by atoms with Gasteiger partial charge in [-0.15, -0.1) is 19.0 Å². The van der Waals surface area contributed by atoms with Crippen LogP contribution in [0.15, 0.2) is 60.7 Å². The van der Waals surface area contributed by atoms with Gasteiger partial charge in [-0.1, -0.05) is 42.0 Å². The lowest BCUT2D eigenvalue weighted by Gasteiger charge is -2.17. The van der Waals surface area contributed by atoms with Gasteiger partial charge < -0.3 is 15.2 Å². The molecule has 0 saturated carbocycles. The molecule has 0 aliphatic rings. The number of halogens is 1. The summed E-state index contributed by atoms with van der Waals surface area (Å²) in [6, 6.07) is 15.9. The average Bonchev–Trinajstić information content (AvgIpc) is 2.54. The molecule has 0 radical (unpaired) electrons. The fraction of sp³-hybridized carbons (Fsp3) is 0.300. The molecule has 3 nitrogen and oxygen atoms in total. The van der Waals surface area contributed by atoms with Crippen molar-refractivity contribution in [1.29, 1.82) is 0 Å². The minimum atomic E-state index is -0.0742. The predicted molar refractivity (Wildman–Crippen MR) is 102 cm³/mol. The van der Waals surface area contributed by atoms with E-state index in [1.165, 1.54) is 0 Å². The summed E-state index contributed by atoms with van der Waals surface area (Å²) in [7, 11) is 0. The van der Waals surface area contributed by atoms with Crippen LogP contribution in [-0.2, 0) is 6.61 Å². The van der Waals surface area contributed by atoms with Crippen molar-refractivity contribution in [2.45, 2.75) is 32.9 Å². The van der Waals surface area contributed by atoms with E-state index in [1.807, 2.05) is 62.4 Å². The van der Waals surface area contributed by atoms with Crippen LogP contribution in [0.2, 0.25) is 0 Å². The zero-order valence-electron chi connectivity index (χ0n) is 14.3. The monoisotopic (exact) mass is 347 g/mol. The van der Waals surface area contributed by atoms with Crippen LogP contribution in [-0.4, -0.2) is 6.61 Å². The quantitative estimate of drug-likeness (QED) is 0.679. The molecule has 2 aromatic carbocycles. The summed E-state index contributed by atoms with van der Waals surface area (Å²) in [5.74, 6) is 1.47. The third-order valence-electron chi connectivity index (χ3n) is 3.50. The third-order valence-corrected chi connectivity index (χ3v) is 3.50. The van der Waals surface area contributed by atoms with Gasteiger partial charge in [0.05, 0.1) is 6.61 Å². The summed E-state index contributed by atoms with van der Waals surface area (Å²) in [6.45, 7) is 8.97. The van der Waals surface area contributed by atoms with Gasteiger partial charge in [0.25, 0.3) is 0 Å². The lowest BCUT2D eigenvalue weighted by atomic mass is 10.0. The highest BCUT2D eigenvalue weighted by Gasteiger charge is 2.12. The molecule has 4 heteroatoms. The molecule has 0 saturated heterocycles. The van der Waals surface area contributed by atoms with Crippen LogP contribution in [0.1, 0.15) is 37.4 Å². The van der Waals surface area contributed by atoms with Crippen molar-refractivity contribution in [3.05, 3.63) is 71.8 Å². The second-order valence-corrected chi connectivity index (χ2v) is 5.68. The first-order valence-corrected chi connectivity index (χ1v) is 7.93. The van der Waals surface area contributed by atoms with Crippen molar-refractivity contribution in [3.8, 4) is 11.5 Å². The SMILES string of the molecule is C=C(C)C[C@H](N)c1ccc(OCc2ccccc2)c(OCC)c1.Cl. The van der Waals surface area contributed by atoms with Gasteiger partial charge >= 0.3 is 0 Å². The van der Waals surface area contributed by atoms with E-state index in [2.05, 4.69) is 6.58 Å². The second-order valence-electron chi connectivity index (χ2n) is 5.68. The fourth-order valence-corrected chi connectivity index (χ4v) is 2.37. The molecule has 2 rings (SSSR count). The van der Waals surface area contributed by atoms with Crippen molar-refractivity contribution in [1.82, 2.24) is 0 Å². The number of rotatable bonds is 8. The van der Waals surface area contributed by atoms with Gasteiger partial charge in [-0.25, -0.2) is 0 Å². The topological polar surface area (TPSA) is 44.5 Å². The summed E-state index contributed by atoms with van der Waals surface area (Å²) in [5, 5.41) is 0. The molecule has 0 spiro atoms. The molecule has 24 heavy (non-hydrogen) atoms. The number of hydrogen-bond acceptors (Lipinski definition) is 3. The lowest BCUT2D eigenvalue weighted by Crippen LogP contribution is -2.11. The number of ether oxygens (including phenoxy) is 2. The van der Waals surface area contributed by atoms with Gasteiger partial charge in [-0.05, 0) is 43.5 Å². The molecule has 0 fully saturated rings. The Bertz CT molecular complexity index is 643. The first-order chi connectivity index (χ1) is 11.1. The molecule has 0 aliphatic heterocycles. The first kappa shape index (κ1) is 20.1. The number of nitrogens with two attached hydrogens (primary N) is 1. The van der Waals surface area contributed by atoms with Crippen LogP contribution >= 0.6 is 12.4 Å². The van der Waals surface area contributed by atoms with Crippen LogP contribution in [0.25, 0.3) is 0 Å². The van der Waals surface area contributed by atoms with Crippen LogP contribution < -0.4 is 15.2 Å². The van der Waals surface area contributed by atoms with E-state index >= 15 is 0 Å². The van der Waals surface area contributed by atoms with Gasteiger partial charge in [0, 0.05) is 6.04 Å². The largest absolute Gasteiger partial charge is 0.490 e. The van der Waals surface area contributed by atoms with Gasteiger partial charge in [0.1, 0.15) is 6.61 Å². The van der Waals surface area contributed by atoms with Crippen molar-refractivity contribution < 1.29 is 9.47 Å². The summed E-state index contributed by atoms with van der Waals surface area (Å²) >= 11 is 0. The molecule has 0 bridgehead atoms. The summed E-state index contributed by atoms with van der Waals surface area (Å²) < 4.78 is 11.6. The maximum absolute atomic E-state index is 6.22. The summed E-state index contributed by atoms with van der Waals surface area (Å²) in [5.41, 5.74) is 9.44. The van der Waals surface area contributed by atoms with Crippen LogP contribution in [0.5, 0.6) is 11.5 Å². The molecule has 0 aliphatic carbocycles. The molecular formula is C20H26ClNO2. The van der Waals surface area contributed by atoms with Gasteiger partial charge in [0.2, 0.25) is 0 Å². The van der Waals surface area contributed by atoms with Gasteiger partial charge in [-0.3, -0.25) is 0 Å². The smallest absolute Gasteiger partial charge is 0.161 e. The van der Waals surface area contributed by atoms with Crippen molar-refractivity contribution in [3.63, 3.8) is 0 Å². The Morgan fingerprint density at radius 2 is 1.79 bits per heavy atom. The van der Waals surface area contributed by atoms with E-state index in [9.17, 15) is 0 Å². The highest BCUT2D eigenvalue weighted by atomic mass is 35.5. The van der Waals surface area contributed by atoms with Crippen molar-refractivity contribution in [2.75, 3.05) is 6.61 Å². The van der Waals surface area contributed by atoms with E-state index in [4.69, 9.17) is 15.2 Å². The normalized spacial score (nSPS) is 11.3. The maximum atomic E-state index is 6.22. The zero-order valence-corrected chi connectivity index (χ0v) is 15.1. The van der Waals surface area contributed by atoms with Crippen LogP contribution in [0.4, 0.5) is 0 Å². The number of benzene rings is 2. The van der Waals surface area contributed by atoms with Crippen LogP contribution in [0.3, 0.4) is 0 Å². The third kappa shape index (κ3) is 5.91. The average molecular weight is 348 g/mol. The lowest BCUT2D eigenvalue weighted by molar-refractivity contribution is 0.269. The predicted octanol–water partition coefficient (Wildman–Crippen LogP) is 5.05. The molecule has 2 N–H and O–H groups in total. The second kappa shape index (κ2) is 10.0. The van der Waals surface area contributed by atoms with Crippen molar-refractivity contribution in [2.24, 2.45) is 5.73 Å². The zero-order chi connectivity index (χ0) is 16.7. The van der Waals surface area contributed by atoms with E-state index in [0.717, 1.165) is 34.6 Å². The molecular weight excluding hydrogens is 322 g/mol. The van der Waals surface area contributed by atoms with Gasteiger partial charge in [-0.2, -0.15) is 0 Å². The first-order valence-electron chi connectivity index (χ1n) is 7.93. The Kier molecular flexibility index (Phi) is 8.37. The van der Waals surface area contributed by atoms with Crippen molar-refractivity contribution >= 4 is 12.4 Å². The molecule has 2 aromatic rings. The Labute approximate surface area is 150 Å². The summed E-state index contributed by atoms with van der Waals surface area (Å²) in [6.07, 6.45) is 0.760. The van der Waals surface area contributed by atoms with Crippen LogP contribution in [0, 0.1) is 0 Å². The minimum absolute atomic E-state index is 0. The Morgan fingerprint density at radius 3 is 2.42 bits per heavy atom. The minimum Gasteiger partial charge on any atom is -0.490 e. The standard InChI is InChI=1S/C20H25NO2.ClH/c1-4-22-20-13-17(18(21)12-15(2)3)10-11-19(20)23-14-16-8-6-5-7-9-16;/h5-11,13,18H,2,4,12,14,21H2,1,3H3;1H/t18-;/m0./s1. The molecule has 1 atom stereocenters. The fourth-order valence-electron chi connectivity index (χ4n) is 2.37. The Hall–Kier alpha value is -1.97. The van der Waals surface area contributed by atoms with E-state index in [1.54, 1.807) is 0 Å². The van der Waals surface area contributed by atoms with Gasteiger partial charge in [0.15, 0.2) is 11.5 Å². The molecule has 0 heterocycles. The van der Waals surface area contributed by atoms with E-state index in [0.29, 0.717) is 13.2 Å². The number of hydrogen-bond donors (Lipinski definition) is 1. The summed E-state index contributed by atoms with van der Waals surface area (Å²) in [4.78, 5) is 0.